The van der Waals surface area contributed by atoms with Gasteiger partial charge in [-0.2, -0.15) is 0 Å². The molecule has 2 aliphatic heterocycles. The maximum Gasteiger partial charge on any atom is 0.324 e. The lowest BCUT2D eigenvalue weighted by Crippen LogP contribution is -2.51. The zero-order chi connectivity index (χ0) is 21.3. The first kappa shape index (κ1) is 20.5. The van der Waals surface area contributed by atoms with Crippen molar-refractivity contribution in [1.29, 1.82) is 0 Å². The van der Waals surface area contributed by atoms with Crippen molar-refractivity contribution < 1.29 is 14.3 Å². The molecule has 3 amide bonds. The summed E-state index contributed by atoms with van der Waals surface area (Å²) in [7, 11) is 0. The number of amides is 3. The fourth-order valence-corrected chi connectivity index (χ4v) is 4.31. The molecule has 0 bridgehead atoms. The Labute approximate surface area is 181 Å². The summed E-state index contributed by atoms with van der Waals surface area (Å²) in [4.78, 5) is 29.5. The summed E-state index contributed by atoms with van der Waals surface area (Å²) in [6, 6.07) is 13.2. The monoisotopic (exact) mass is 427 g/mol. The number of hydrogen-bond donors (Lipinski definition) is 1. The fraction of sp³-hybridized carbons (Fsp3) is 0.391. The smallest absolute Gasteiger partial charge is 0.324 e. The van der Waals surface area contributed by atoms with Gasteiger partial charge in [0.2, 0.25) is 5.91 Å². The van der Waals surface area contributed by atoms with Gasteiger partial charge < -0.3 is 15.0 Å². The van der Waals surface area contributed by atoms with Crippen molar-refractivity contribution in [2.24, 2.45) is 5.92 Å². The van der Waals surface area contributed by atoms with Crippen molar-refractivity contribution in [3.8, 4) is 5.75 Å². The van der Waals surface area contributed by atoms with E-state index in [-0.39, 0.29) is 24.0 Å². The van der Waals surface area contributed by atoms with Crippen LogP contribution in [0.5, 0.6) is 5.75 Å². The second-order valence-electron chi connectivity index (χ2n) is 8.02. The number of fused-ring (bicyclic) bond motifs is 1. The maximum atomic E-state index is 13.2. The van der Waals surface area contributed by atoms with Gasteiger partial charge in [-0.15, -0.1) is 0 Å². The van der Waals surface area contributed by atoms with Crippen LogP contribution in [0.25, 0.3) is 0 Å². The van der Waals surface area contributed by atoms with Crippen LogP contribution in [-0.2, 0) is 4.79 Å². The van der Waals surface area contributed by atoms with Crippen LogP contribution in [0.4, 0.5) is 16.2 Å². The summed E-state index contributed by atoms with van der Waals surface area (Å²) in [6.45, 7) is 5.53. The molecule has 1 saturated heterocycles. The van der Waals surface area contributed by atoms with E-state index in [1.807, 2.05) is 61.2 Å². The van der Waals surface area contributed by atoms with E-state index in [1.54, 1.807) is 4.90 Å². The number of halogens is 1. The van der Waals surface area contributed by atoms with E-state index < -0.39 is 0 Å². The van der Waals surface area contributed by atoms with Gasteiger partial charge in [0.25, 0.3) is 0 Å². The van der Waals surface area contributed by atoms with Crippen molar-refractivity contribution in [1.82, 2.24) is 4.90 Å². The Bertz CT molecular complexity index is 956. The maximum absolute atomic E-state index is 13.2. The molecule has 2 aromatic carbocycles. The number of nitrogens with zero attached hydrogens (tertiary/aromatic N) is 2. The number of anilines is 2. The number of ether oxygens (including phenoxy) is 1. The van der Waals surface area contributed by atoms with E-state index in [2.05, 4.69) is 5.32 Å². The van der Waals surface area contributed by atoms with E-state index in [4.69, 9.17) is 16.3 Å². The highest BCUT2D eigenvalue weighted by molar-refractivity contribution is 6.33. The van der Waals surface area contributed by atoms with Crippen molar-refractivity contribution in [2.45, 2.75) is 32.8 Å². The summed E-state index contributed by atoms with van der Waals surface area (Å²) in [5.41, 5.74) is 2.47. The highest BCUT2D eigenvalue weighted by atomic mass is 35.5. The van der Waals surface area contributed by atoms with Crippen LogP contribution < -0.4 is 15.0 Å². The molecule has 7 heteroatoms. The van der Waals surface area contributed by atoms with E-state index >= 15 is 0 Å². The number of urea groups is 1. The number of aryl methyl sites for hydroxylation is 1. The average molecular weight is 428 g/mol. The number of likely N-dealkylation sites (tertiary alicyclic amines) is 1. The molecule has 0 aromatic heterocycles. The van der Waals surface area contributed by atoms with Gasteiger partial charge in [-0.3, -0.25) is 9.69 Å². The Morgan fingerprint density at radius 1 is 1.13 bits per heavy atom. The quantitative estimate of drug-likeness (QED) is 0.755. The Balaban J connectivity index is 1.37. The number of carbonyl (C=O) groups excluding carboxylic acids is 2. The molecule has 0 radical (unpaired) electrons. The second kappa shape index (κ2) is 8.56. The molecule has 2 aliphatic rings. The number of rotatable bonds is 2. The number of carbonyl (C=O) groups is 2. The standard InChI is InChI=1S/C23H26ClN3O3/c1-15-7-8-19(18(24)13-15)25-22(28)17-9-11-26(12-10-17)23(29)27-14-16(2)30-21-6-4-3-5-20(21)27/h3-8,13,16-17H,9-12,14H2,1-2H3,(H,25,28)/t16-/m0/s1. The topological polar surface area (TPSA) is 61.9 Å². The minimum Gasteiger partial charge on any atom is -0.487 e. The molecule has 0 unspecified atom stereocenters. The summed E-state index contributed by atoms with van der Waals surface area (Å²) in [5, 5.41) is 3.47. The van der Waals surface area contributed by atoms with Crippen LogP contribution in [0.3, 0.4) is 0 Å². The number of benzene rings is 2. The molecule has 1 N–H and O–H groups in total. The summed E-state index contributed by atoms with van der Waals surface area (Å²) >= 11 is 6.23. The average Bonchev–Trinajstić information content (AvgIpc) is 2.74. The Morgan fingerprint density at radius 3 is 2.60 bits per heavy atom. The van der Waals surface area contributed by atoms with E-state index in [0.717, 1.165) is 17.0 Å². The van der Waals surface area contributed by atoms with E-state index in [0.29, 0.717) is 43.2 Å². The molecule has 1 atom stereocenters. The number of para-hydroxylation sites is 2. The molecule has 6 nitrogen and oxygen atoms in total. The third-order valence-electron chi connectivity index (χ3n) is 5.67. The predicted octanol–water partition coefficient (Wildman–Crippen LogP) is 4.71. The van der Waals surface area contributed by atoms with Crippen LogP contribution in [0.15, 0.2) is 42.5 Å². The lowest BCUT2D eigenvalue weighted by Gasteiger charge is -2.39. The molecular formula is C23H26ClN3O3. The van der Waals surface area contributed by atoms with E-state index in [9.17, 15) is 9.59 Å². The van der Waals surface area contributed by atoms with Crippen molar-refractivity contribution in [2.75, 3.05) is 29.9 Å². The molecule has 2 heterocycles. The molecule has 0 spiro atoms. The normalized spacial score (nSPS) is 19.1. The minimum atomic E-state index is -0.137. The first-order valence-corrected chi connectivity index (χ1v) is 10.7. The zero-order valence-electron chi connectivity index (χ0n) is 17.2. The lowest BCUT2D eigenvalue weighted by molar-refractivity contribution is -0.121. The number of piperidine rings is 1. The largest absolute Gasteiger partial charge is 0.487 e. The Hall–Kier alpha value is -2.73. The van der Waals surface area contributed by atoms with Gasteiger partial charge in [0.05, 0.1) is 22.9 Å². The van der Waals surface area contributed by atoms with Crippen LogP contribution in [0.1, 0.15) is 25.3 Å². The highest BCUT2D eigenvalue weighted by Gasteiger charge is 2.33. The van der Waals surface area contributed by atoms with Gasteiger partial charge in [0.1, 0.15) is 11.9 Å². The van der Waals surface area contributed by atoms with Crippen LogP contribution in [-0.4, -0.2) is 42.6 Å². The number of hydrogen-bond acceptors (Lipinski definition) is 3. The van der Waals surface area contributed by atoms with Crippen LogP contribution in [0.2, 0.25) is 5.02 Å². The SMILES string of the molecule is Cc1ccc(NC(=O)C2CCN(C(=O)N3C[C@H](C)Oc4ccccc43)CC2)c(Cl)c1. The van der Waals surface area contributed by atoms with Crippen LogP contribution >= 0.6 is 11.6 Å². The van der Waals surface area contributed by atoms with E-state index in [1.165, 1.54) is 0 Å². The van der Waals surface area contributed by atoms with Gasteiger partial charge in [-0.1, -0.05) is 29.8 Å². The summed E-state index contributed by atoms with van der Waals surface area (Å²) in [5.74, 6) is 0.550. The Morgan fingerprint density at radius 2 is 1.87 bits per heavy atom. The van der Waals surface area contributed by atoms with Crippen molar-refractivity contribution in [3.05, 3.63) is 53.1 Å². The van der Waals surface area contributed by atoms with Gasteiger partial charge in [0.15, 0.2) is 0 Å². The summed E-state index contributed by atoms with van der Waals surface area (Å²) in [6.07, 6.45) is 1.19. The molecule has 1 fully saturated rings. The van der Waals surface area contributed by atoms with Gasteiger partial charge >= 0.3 is 6.03 Å². The van der Waals surface area contributed by atoms with Crippen molar-refractivity contribution in [3.63, 3.8) is 0 Å². The zero-order valence-corrected chi connectivity index (χ0v) is 18.0. The second-order valence-corrected chi connectivity index (χ2v) is 8.43. The molecule has 158 valence electrons. The van der Waals surface area contributed by atoms with Crippen molar-refractivity contribution >= 4 is 34.9 Å². The van der Waals surface area contributed by atoms with Gasteiger partial charge in [0, 0.05) is 19.0 Å². The molecule has 0 aliphatic carbocycles. The minimum absolute atomic E-state index is 0.0296. The molecule has 0 saturated carbocycles. The van der Waals surface area contributed by atoms with Gasteiger partial charge in [-0.05, 0) is 56.5 Å². The first-order valence-electron chi connectivity index (χ1n) is 10.3. The fourth-order valence-electron chi connectivity index (χ4n) is 4.03. The highest BCUT2D eigenvalue weighted by Crippen LogP contribution is 2.34. The predicted molar refractivity (Wildman–Crippen MR) is 118 cm³/mol. The third kappa shape index (κ3) is 4.24. The molecule has 4 rings (SSSR count). The lowest BCUT2D eigenvalue weighted by atomic mass is 9.96. The third-order valence-corrected chi connectivity index (χ3v) is 5.99. The Kier molecular flexibility index (Phi) is 5.86. The molecular weight excluding hydrogens is 402 g/mol. The number of nitrogens with one attached hydrogen (secondary N) is 1. The van der Waals surface area contributed by atoms with Crippen LogP contribution in [0, 0.1) is 12.8 Å². The van der Waals surface area contributed by atoms with Gasteiger partial charge in [-0.25, -0.2) is 4.79 Å². The molecule has 2 aromatic rings. The molecule has 30 heavy (non-hydrogen) atoms. The first-order chi connectivity index (χ1) is 14.4. The summed E-state index contributed by atoms with van der Waals surface area (Å²) < 4.78 is 5.85.